The molecule has 5 nitrogen and oxygen atoms in total. The highest BCUT2D eigenvalue weighted by Crippen LogP contribution is 2.27. The van der Waals surface area contributed by atoms with E-state index < -0.39 is 5.97 Å². The lowest BCUT2D eigenvalue weighted by Gasteiger charge is -2.19. The maximum atomic E-state index is 11.1. The van der Waals surface area contributed by atoms with Crippen LogP contribution in [-0.2, 0) is 11.3 Å². The molecule has 0 aliphatic heterocycles. The average molecular weight is 272 g/mol. The fourth-order valence-corrected chi connectivity index (χ4v) is 2.68. The van der Waals surface area contributed by atoms with E-state index in [1.54, 1.807) is 7.11 Å². The number of carboxylic acids is 1. The summed E-state index contributed by atoms with van der Waals surface area (Å²) in [6.07, 6.45) is 2.03. The zero-order chi connectivity index (χ0) is 13.5. The third kappa shape index (κ3) is 3.68. The first-order chi connectivity index (χ1) is 8.63. The van der Waals surface area contributed by atoms with Crippen molar-refractivity contribution in [3.8, 4) is 0 Å². The van der Waals surface area contributed by atoms with Gasteiger partial charge in [-0.2, -0.15) is 0 Å². The molecule has 0 atom stereocenters. The Labute approximate surface area is 111 Å². The quantitative estimate of drug-likeness (QED) is 0.788. The number of thiazole rings is 1. The number of nitrogens with zero attached hydrogens (tertiary/aromatic N) is 2. The van der Waals surface area contributed by atoms with Crippen LogP contribution in [0.25, 0.3) is 0 Å². The summed E-state index contributed by atoms with van der Waals surface area (Å²) in [5, 5.41) is 9.92. The Kier molecular flexibility index (Phi) is 6.07. The standard InChI is InChI=1S/C12H20N2O3S/c1-4-6-14(7-5-2)12-13-9(8-17-3)10(18-12)11(15)16/h4-8H2,1-3H3,(H,15,16). The van der Waals surface area contributed by atoms with Crippen LogP contribution in [0.1, 0.15) is 42.1 Å². The topological polar surface area (TPSA) is 62.7 Å². The van der Waals surface area contributed by atoms with Gasteiger partial charge in [-0.25, -0.2) is 9.78 Å². The number of anilines is 1. The third-order valence-corrected chi connectivity index (χ3v) is 3.57. The third-order valence-electron chi connectivity index (χ3n) is 2.42. The number of aromatic nitrogens is 1. The maximum Gasteiger partial charge on any atom is 0.347 e. The van der Waals surface area contributed by atoms with Crippen LogP contribution in [0.15, 0.2) is 0 Å². The normalized spacial score (nSPS) is 10.6. The largest absolute Gasteiger partial charge is 0.477 e. The van der Waals surface area contributed by atoms with Crippen molar-refractivity contribution in [2.75, 3.05) is 25.1 Å². The number of methoxy groups -OCH3 is 1. The molecule has 1 N–H and O–H groups in total. The summed E-state index contributed by atoms with van der Waals surface area (Å²) in [4.78, 5) is 18.0. The summed E-state index contributed by atoms with van der Waals surface area (Å²) in [6.45, 7) is 6.23. The molecular weight excluding hydrogens is 252 g/mol. The zero-order valence-corrected chi connectivity index (χ0v) is 11.9. The fraction of sp³-hybridized carbons (Fsp3) is 0.667. The number of aromatic carboxylic acids is 1. The minimum Gasteiger partial charge on any atom is -0.477 e. The van der Waals surface area contributed by atoms with E-state index in [-0.39, 0.29) is 11.5 Å². The van der Waals surface area contributed by atoms with Gasteiger partial charge >= 0.3 is 5.97 Å². The van der Waals surface area contributed by atoms with Crippen LogP contribution in [0.5, 0.6) is 0 Å². The van der Waals surface area contributed by atoms with Crippen LogP contribution < -0.4 is 4.90 Å². The highest BCUT2D eigenvalue weighted by atomic mass is 32.1. The van der Waals surface area contributed by atoms with Gasteiger partial charge in [0.2, 0.25) is 0 Å². The fourth-order valence-electron chi connectivity index (χ4n) is 1.72. The van der Waals surface area contributed by atoms with E-state index in [0.717, 1.165) is 31.1 Å². The molecule has 1 aromatic heterocycles. The number of hydrogen-bond donors (Lipinski definition) is 1. The van der Waals surface area contributed by atoms with Gasteiger partial charge < -0.3 is 14.7 Å². The zero-order valence-electron chi connectivity index (χ0n) is 11.1. The monoisotopic (exact) mass is 272 g/mol. The molecule has 0 saturated heterocycles. The summed E-state index contributed by atoms with van der Waals surface area (Å²) in [6, 6.07) is 0. The molecule has 18 heavy (non-hydrogen) atoms. The molecule has 0 spiro atoms. The molecule has 102 valence electrons. The Balaban J connectivity index is 2.99. The molecule has 1 rings (SSSR count). The minimum atomic E-state index is -0.932. The molecule has 1 aromatic rings. The van der Waals surface area contributed by atoms with E-state index in [1.165, 1.54) is 11.3 Å². The van der Waals surface area contributed by atoms with E-state index >= 15 is 0 Å². The molecule has 0 aliphatic carbocycles. The molecule has 0 unspecified atom stereocenters. The lowest BCUT2D eigenvalue weighted by Crippen LogP contribution is -2.24. The smallest absolute Gasteiger partial charge is 0.347 e. The number of hydrogen-bond acceptors (Lipinski definition) is 5. The summed E-state index contributed by atoms with van der Waals surface area (Å²) in [5.74, 6) is -0.932. The molecule has 0 radical (unpaired) electrons. The van der Waals surface area contributed by atoms with E-state index in [2.05, 4.69) is 23.7 Å². The van der Waals surface area contributed by atoms with Gasteiger partial charge in [0.05, 0.1) is 12.3 Å². The molecule has 0 bridgehead atoms. The van der Waals surface area contributed by atoms with E-state index in [0.29, 0.717) is 5.69 Å². The van der Waals surface area contributed by atoms with Crippen molar-refractivity contribution in [3.05, 3.63) is 10.6 Å². The lowest BCUT2D eigenvalue weighted by atomic mass is 10.3. The Morgan fingerprint density at radius 3 is 2.44 bits per heavy atom. The molecule has 1 heterocycles. The van der Waals surface area contributed by atoms with Crippen LogP contribution in [0.2, 0.25) is 0 Å². The van der Waals surface area contributed by atoms with Gasteiger partial charge in [0, 0.05) is 20.2 Å². The second kappa shape index (κ2) is 7.33. The first-order valence-corrected chi connectivity index (χ1v) is 6.92. The summed E-state index contributed by atoms with van der Waals surface area (Å²) in [5.41, 5.74) is 0.516. The van der Waals surface area contributed by atoms with E-state index in [1.807, 2.05) is 0 Å². The van der Waals surface area contributed by atoms with Crippen molar-refractivity contribution in [2.24, 2.45) is 0 Å². The number of carboxylic acid groups (broad SMARTS) is 1. The van der Waals surface area contributed by atoms with Gasteiger partial charge in [-0.05, 0) is 12.8 Å². The molecule has 0 aromatic carbocycles. The number of rotatable bonds is 8. The Morgan fingerprint density at radius 2 is 2.00 bits per heavy atom. The van der Waals surface area contributed by atoms with E-state index in [4.69, 9.17) is 9.84 Å². The van der Waals surface area contributed by atoms with Crippen LogP contribution in [0.3, 0.4) is 0 Å². The van der Waals surface area contributed by atoms with Crippen molar-refractivity contribution in [1.29, 1.82) is 0 Å². The minimum absolute atomic E-state index is 0.240. The first kappa shape index (κ1) is 14.9. The van der Waals surface area contributed by atoms with Gasteiger partial charge in [-0.15, -0.1) is 0 Å². The average Bonchev–Trinajstić information content (AvgIpc) is 2.73. The number of carbonyl (C=O) groups is 1. The molecule has 6 heteroatoms. The van der Waals surface area contributed by atoms with Crippen molar-refractivity contribution in [1.82, 2.24) is 4.98 Å². The number of ether oxygens (including phenoxy) is 1. The molecule has 0 aliphatic rings. The first-order valence-electron chi connectivity index (χ1n) is 6.10. The van der Waals surface area contributed by atoms with Crippen LogP contribution in [0.4, 0.5) is 5.13 Å². The predicted octanol–water partition coefficient (Wildman–Crippen LogP) is 2.61. The van der Waals surface area contributed by atoms with Crippen molar-refractivity contribution < 1.29 is 14.6 Å². The second-order valence-electron chi connectivity index (χ2n) is 4.00. The maximum absolute atomic E-state index is 11.1. The van der Waals surface area contributed by atoms with Gasteiger partial charge in [0.1, 0.15) is 4.88 Å². The highest BCUT2D eigenvalue weighted by Gasteiger charge is 2.19. The van der Waals surface area contributed by atoms with Crippen molar-refractivity contribution in [3.63, 3.8) is 0 Å². The predicted molar refractivity (Wildman–Crippen MR) is 72.6 cm³/mol. The SMILES string of the molecule is CCCN(CCC)c1nc(COC)c(C(=O)O)s1. The molecule has 0 fully saturated rings. The van der Waals surface area contributed by atoms with Crippen LogP contribution >= 0.6 is 11.3 Å². The van der Waals surface area contributed by atoms with Gasteiger partial charge in [0.25, 0.3) is 0 Å². The van der Waals surface area contributed by atoms with Crippen LogP contribution in [0, 0.1) is 0 Å². The van der Waals surface area contributed by atoms with Gasteiger partial charge in [0.15, 0.2) is 5.13 Å². The summed E-state index contributed by atoms with van der Waals surface area (Å²) < 4.78 is 4.99. The van der Waals surface area contributed by atoms with E-state index in [9.17, 15) is 4.79 Å². The summed E-state index contributed by atoms with van der Waals surface area (Å²) >= 11 is 1.23. The summed E-state index contributed by atoms with van der Waals surface area (Å²) in [7, 11) is 1.54. The van der Waals surface area contributed by atoms with Crippen LogP contribution in [-0.4, -0.2) is 36.3 Å². The Hall–Kier alpha value is -1.14. The van der Waals surface area contributed by atoms with Gasteiger partial charge in [-0.3, -0.25) is 0 Å². The Bertz CT molecular complexity index is 387. The lowest BCUT2D eigenvalue weighted by molar-refractivity contribution is 0.0697. The van der Waals surface area contributed by atoms with Crippen molar-refractivity contribution >= 4 is 22.4 Å². The second-order valence-corrected chi connectivity index (χ2v) is 4.97. The van der Waals surface area contributed by atoms with Gasteiger partial charge in [-0.1, -0.05) is 25.2 Å². The molecule has 0 amide bonds. The molecule has 0 saturated carbocycles. The highest BCUT2D eigenvalue weighted by molar-refractivity contribution is 7.17. The Morgan fingerprint density at radius 1 is 1.39 bits per heavy atom. The molecular formula is C12H20N2O3S. The van der Waals surface area contributed by atoms with Crippen molar-refractivity contribution in [2.45, 2.75) is 33.3 Å².